The Balaban J connectivity index is 2.07. The van der Waals surface area contributed by atoms with Gasteiger partial charge in [0.25, 0.3) is 5.91 Å². The van der Waals surface area contributed by atoms with Gasteiger partial charge in [-0.2, -0.15) is 0 Å². The molecule has 0 bridgehead atoms. The van der Waals surface area contributed by atoms with E-state index in [1.165, 1.54) is 0 Å². The van der Waals surface area contributed by atoms with Gasteiger partial charge in [0.2, 0.25) is 0 Å². The van der Waals surface area contributed by atoms with E-state index in [4.69, 9.17) is 5.11 Å². The first kappa shape index (κ1) is 13.6. The average molecular weight is 312 g/mol. The number of piperidine rings is 1. The van der Waals surface area contributed by atoms with E-state index in [2.05, 4.69) is 15.9 Å². The molecule has 0 aromatic heterocycles. The molecule has 1 atom stereocenters. The normalized spacial score (nSPS) is 19.9. The van der Waals surface area contributed by atoms with Crippen LogP contribution in [0.4, 0.5) is 0 Å². The first-order valence-electron chi connectivity index (χ1n) is 6.37. The summed E-state index contributed by atoms with van der Waals surface area (Å²) in [4.78, 5) is 14.3. The second kappa shape index (κ2) is 6.34. The topological polar surface area (TPSA) is 40.5 Å². The van der Waals surface area contributed by atoms with Crippen LogP contribution in [0, 0.1) is 5.92 Å². The molecule has 1 saturated heterocycles. The number of benzene rings is 1. The van der Waals surface area contributed by atoms with Crippen molar-refractivity contribution in [3.8, 4) is 0 Å². The molecular weight excluding hydrogens is 294 g/mol. The zero-order valence-corrected chi connectivity index (χ0v) is 11.9. The Kier molecular flexibility index (Phi) is 4.78. The Morgan fingerprint density at radius 2 is 2.22 bits per heavy atom. The molecule has 1 aromatic rings. The van der Waals surface area contributed by atoms with Crippen LogP contribution < -0.4 is 0 Å². The van der Waals surface area contributed by atoms with Gasteiger partial charge in [-0.1, -0.05) is 12.1 Å². The first-order chi connectivity index (χ1) is 8.72. The summed E-state index contributed by atoms with van der Waals surface area (Å²) >= 11 is 3.42. The lowest BCUT2D eigenvalue weighted by Gasteiger charge is -2.32. The monoisotopic (exact) mass is 311 g/mol. The number of aliphatic hydroxyl groups excluding tert-OH is 1. The van der Waals surface area contributed by atoms with E-state index in [-0.39, 0.29) is 12.5 Å². The summed E-state index contributed by atoms with van der Waals surface area (Å²) in [5.41, 5.74) is 0.724. The number of likely N-dealkylation sites (tertiary alicyclic amines) is 1. The molecule has 4 heteroatoms. The molecule has 0 radical (unpaired) electrons. The largest absolute Gasteiger partial charge is 0.396 e. The van der Waals surface area contributed by atoms with Gasteiger partial charge in [-0.3, -0.25) is 4.79 Å². The molecule has 98 valence electrons. The molecule has 0 saturated carbocycles. The lowest BCUT2D eigenvalue weighted by molar-refractivity contribution is 0.0652. The van der Waals surface area contributed by atoms with Crippen molar-refractivity contribution in [1.29, 1.82) is 0 Å². The maximum atomic E-state index is 12.4. The van der Waals surface area contributed by atoms with Crippen molar-refractivity contribution < 1.29 is 9.90 Å². The molecule has 1 amide bonds. The number of carbonyl (C=O) groups is 1. The molecule has 1 N–H and O–H groups in total. The van der Waals surface area contributed by atoms with E-state index in [1.807, 2.05) is 29.2 Å². The number of rotatable bonds is 3. The Bertz CT molecular complexity index is 420. The molecule has 18 heavy (non-hydrogen) atoms. The number of amides is 1. The zero-order chi connectivity index (χ0) is 13.0. The lowest BCUT2D eigenvalue weighted by Crippen LogP contribution is -2.40. The Labute approximate surface area is 116 Å². The van der Waals surface area contributed by atoms with Crippen LogP contribution in [0.3, 0.4) is 0 Å². The highest BCUT2D eigenvalue weighted by molar-refractivity contribution is 9.10. The van der Waals surface area contributed by atoms with E-state index in [0.717, 1.165) is 42.4 Å². The van der Waals surface area contributed by atoms with Crippen LogP contribution in [-0.4, -0.2) is 35.6 Å². The fourth-order valence-corrected chi connectivity index (χ4v) is 2.93. The van der Waals surface area contributed by atoms with Crippen LogP contribution >= 0.6 is 15.9 Å². The lowest BCUT2D eigenvalue weighted by atomic mass is 9.94. The highest BCUT2D eigenvalue weighted by Gasteiger charge is 2.24. The van der Waals surface area contributed by atoms with Gasteiger partial charge >= 0.3 is 0 Å². The van der Waals surface area contributed by atoms with Crippen molar-refractivity contribution in [2.24, 2.45) is 5.92 Å². The van der Waals surface area contributed by atoms with Crippen molar-refractivity contribution in [1.82, 2.24) is 4.90 Å². The van der Waals surface area contributed by atoms with Crippen molar-refractivity contribution in [2.75, 3.05) is 19.7 Å². The summed E-state index contributed by atoms with van der Waals surface area (Å²) in [6.45, 7) is 1.80. The molecule has 1 aliphatic heterocycles. The summed E-state index contributed by atoms with van der Waals surface area (Å²) < 4.78 is 0.847. The maximum absolute atomic E-state index is 12.4. The van der Waals surface area contributed by atoms with E-state index in [9.17, 15) is 4.79 Å². The standard InChI is InChI=1S/C14H18BrNO2/c15-13-6-2-1-5-12(13)14(18)16-8-3-4-11(10-16)7-9-17/h1-2,5-6,11,17H,3-4,7-10H2. The van der Waals surface area contributed by atoms with Gasteiger partial charge in [-0.15, -0.1) is 0 Å². The highest BCUT2D eigenvalue weighted by Crippen LogP contribution is 2.23. The molecule has 1 aliphatic rings. The summed E-state index contributed by atoms with van der Waals surface area (Å²) in [7, 11) is 0. The van der Waals surface area contributed by atoms with E-state index < -0.39 is 0 Å². The second-order valence-corrected chi connectivity index (χ2v) is 5.61. The van der Waals surface area contributed by atoms with Gasteiger partial charge in [0, 0.05) is 24.2 Å². The highest BCUT2D eigenvalue weighted by atomic mass is 79.9. The third kappa shape index (κ3) is 3.12. The number of aliphatic hydroxyl groups is 1. The third-order valence-electron chi connectivity index (χ3n) is 3.45. The number of carbonyl (C=O) groups excluding carboxylic acids is 1. The molecule has 1 heterocycles. The van der Waals surface area contributed by atoms with Crippen LogP contribution in [0.1, 0.15) is 29.6 Å². The molecule has 0 aliphatic carbocycles. The maximum Gasteiger partial charge on any atom is 0.255 e. The Morgan fingerprint density at radius 1 is 1.44 bits per heavy atom. The van der Waals surface area contributed by atoms with Gasteiger partial charge in [-0.05, 0) is 53.2 Å². The Hall–Kier alpha value is -0.870. The molecule has 0 spiro atoms. The molecule has 1 unspecified atom stereocenters. The van der Waals surface area contributed by atoms with E-state index in [0.29, 0.717) is 5.92 Å². The summed E-state index contributed by atoms with van der Waals surface area (Å²) in [5.74, 6) is 0.528. The van der Waals surface area contributed by atoms with Gasteiger partial charge in [0.15, 0.2) is 0 Å². The van der Waals surface area contributed by atoms with Gasteiger partial charge < -0.3 is 10.0 Å². The van der Waals surface area contributed by atoms with Crippen LogP contribution in [-0.2, 0) is 0 Å². The zero-order valence-electron chi connectivity index (χ0n) is 10.3. The van der Waals surface area contributed by atoms with Crippen molar-refractivity contribution in [3.63, 3.8) is 0 Å². The molecule has 3 nitrogen and oxygen atoms in total. The van der Waals surface area contributed by atoms with Gasteiger partial charge in [0.05, 0.1) is 5.56 Å². The number of halogens is 1. The minimum absolute atomic E-state index is 0.0881. The minimum Gasteiger partial charge on any atom is -0.396 e. The first-order valence-corrected chi connectivity index (χ1v) is 7.16. The third-order valence-corrected chi connectivity index (χ3v) is 4.14. The summed E-state index contributed by atoms with van der Waals surface area (Å²) in [6, 6.07) is 7.53. The fourth-order valence-electron chi connectivity index (χ4n) is 2.47. The van der Waals surface area contributed by atoms with Crippen LogP contribution in [0.15, 0.2) is 28.7 Å². The smallest absolute Gasteiger partial charge is 0.255 e. The quantitative estimate of drug-likeness (QED) is 0.932. The van der Waals surface area contributed by atoms with Gasteiger partial charge in [0.1, 0.15) is 0 Å². The van der Waals surface area contributed by atoms with Crippen LogP contribution in [0.2, 0.25) is 0 Å². The van der Waals surface area contributed by atoms with Crippen molar-refractivity contribution in [2.45, 2.75) is 19.3 Å². The van der Waals surface area contributed by atoms with Crippen LogP contribution in [0.5, 0.6) is 0 Å². The molecule has 2 rings (SSSR count). The average Bonchev–Trinajstić information content (AvgIpc) is 2.39. The number of hydrogen-bond donors (Lipinski definition) is 1. The predicted molar refractivity (Wildman–Crippen MR) is 74.5 cm³/mol. The number of nitrogens with zero attached hydrogens (tertiary/aromatic N) is 1. The Morgan fingerprint density at radius 3 is 2.94 bits per heavy atom. The minimum atomic E-state index is 0.0881. The van der Waals surface area contributed by atoms with Crippen LogP contribution in [0.25, 0.3) is 0 Å². The summed E-state index contributed by atoms with van der Waals surface area (Å²) in [6.07, 6.45) is 2.93. The SMILES string of the molecule is O=C(c1ccccc1Br)N1CCCC(CCO)C1. The molecule has 1 aromatic carbocycles. The number of hydrogen-bond acceptors (Lipinski definition) is 2. The van der Waals surface area contributed by atoms with E-state index in [1.54, 1.807) is 0 Å². The van der Waals surface area contributed by atoms with Gasteiger partial charge in [-0.25, -0.2) is 0 Å². The summed E-state index contributed by atoms with van der Waals surface area (Å²) in [5, 5.41) is 8.99. The predicted octanol–water partition coefficient (Wildman–Crippen LogP) is 2.68. The molecule has 1 fully saturated rings. The fraction of sp³-hybridized carbons (Fsp3) is 0.500. The molecular formula is C14H18BrNO2. The van der Waals surface area contributed by atoms with Crippen molar-refractivity contribution in [3.05, 3.63) is 34.3 Å². The second-order valence-electron chi connectivity index (χ2n) is 4.75. The van der Waals surface area contributed by atoms with E-state index >= 15 is 0 Å². The van der Waals surface area contributed by atoms with Crippen molar-refractivity contribution >= 4 is 21.8 Å².